The molecule has 26 heavy (non-hydrogen) atoms. The molecule has 0 aliphatic heterocycles. The molecule has 3 rings (SSSR count). The number of hydrogen-bond acceptors (Lipinski definition) is 8. The molecule has 0 amide bonds. The number of methoxy groups -OCH3 is 2. The van der Waals surface area contributed by atoms with Crippen LogP contribution in [0.5, 0.6) is 11.5 Å². The number of ether oxygens (including phenoxy) is 2. The molecule has 9 heteroatoms. The fraction of sp³-hybridized carbons (Fsp3) is 0.176. The Morgan fingerprint density at radius 2 is 1.85 bits per heavy atom. The molecule has 2 N–H and O–H groups in total. The Morgan fingerprint density at radius 1 is 1.08 bits per heavy atom. The number of hydrogen-bond donors (Lipinski definition) is 1. The van der Waals surface area contributed by atoms with E-state index in [1.54, 1.807) is 56.8 Å². The summed E-state index contributed by atoms with van der Waals surface area (Å²) in [5, 5.41) is 1.16. The first-order valence-corrected chi connectivity index (χ1v) is 7.68. The van der Waals surface area contributed by atoms with E-state index < -0.39 is 5.69 Å². The largest absolute Gasteiger partial charge is 0.493 e. The molecule has 1 aromatic carbocycles. The molecule has 134 valence electrons. The van der Waals surface area contributed by atoms with Crippen LogP contribution < -0.4 is 26.0 Å². The zero-order chi connectivity index (χ0) is 18.7. The molecule has 3 aromatic rings. The van der Waals surface area contributed by atoms with Crippen molar-refractivity contribution in [1.82, 2.24) is 19.5 Å². The molecular weight excluding hydrogens is 336 g/mol. The Balaban J connectivity index is 2.11. The van der Waals surface area contributed by atoms with E-state index in [4.69, 9.17) is 15.3 Å². The predicted octanol–water partition coefficient (Wildman–Crippen LogP) is 1.27. The lowest BCUT2D eigenvalue weighted by atomic mass is 10.2. The maximum absolute atomic E-state index is 12.3. The van der Waals surface area contributed by atoms with Crippen LogP contribution in [0.25, 0.3) is 11.4 Å². The number of rotatable bonds is 5. The van der Waals surface area contributed by atoms with Crippen molar-refractivity contribution < 1.29 is 9.47 Å². The fourth-order valence-electron chi connectivity index (χ4n) is 2.39. The van der Waals surface area contributed by atoms with Crippen molar-refractivity contribution in [3.63, 3.8) is 0 Å². The van der Waals surface area contributed by atoms with Crippen molar-refractivity contribution in [1.29, 1.82) is 0 Å². The van der Waals surface area contributed by atoms with Gasteiger partial charge in [-0.1, -0.05) is 6.07 Å². The number of benzene rings is 1. The summed E-state index contributed by atoms with van der Waals surface area (Å²) in [6.45, 7) is 0. The van der Waals surface area contributed by atoms with Gasteiger partial charge in [0.2, 0.25) is 0 Å². The van der Waals surface area contributed by atoms with Gasteiger partial charge in [-0.25, -0.2) is 20.6 Å². The second-order valence-electron chi connectivity index (χ2n) is 5.32. The Morgan fingerprint density at radius 3 is 2.50 bits per heavy atom. The van der Waals surface area contributed by atoms with Gasteiger partial charge in [-0.15, -0.1) is 0 Å². The highest BCUT2D eigenvalue weighted by Crippen LogP contribution is 2.31. The predicted molar refractivity (Wildman–Crippen MR) is 96.4 cm³/mol. The highest BCUT2D eigenvalue weighted by molar-refractivity contribution is 5.63. The van der Waals surface area contributed by atoms with E-state index in [-0.39, 0.29) is 5.95 Å². The Hall–Kier alpha value is -3.46. The van der Waals surface area contributed by atoms with Crippen LogP contribution in [0.1, 0.15) is 0 Å². The zero-order valence-corrected chi connectivity index (χ0v) is 14.6. The summed E-state index contributed by atoms with van der Waals surface area (Å²) in [5.41, 5.74) is 0.159. The summed E-state index contributed by atoms with van der Waals surface area (Å²) >= 11 is 0. The number of nitrogens with two attached hydrogens (primary N) is 1. The van der Waals surface area contributed by atoms with Gasteiger partial charge in [0.1, 0.15) is 11.6 Å². The van der Waals surface area contributed by atoms with Crippen LogP contribution in [-0.2, 0) is 7.05 Å². The third kappa shape index (κ3) is 3.20. The summed E-state index contributed by atoms with van der Waals surface area (Å²) < 4.78 is 11.9. The van der Waals surface area contributed by atoms with Gasteiger partial charge in [-0.2, -0.15) is 9.97 Å². The minimum absolute atomic E-state index is 0.0385. The van der Waals surface area contributed by atoms with Gasteiger partial charge in [0.15, 0.2) is 11.5 Å². The Labute approximate surface area is 149 Å². The highest BCUT2D eigenvalue weighted by Gasteiger charge is 2.16. The van der Waals surface area contributed by atoms with Crippen molar-refractivity contribution in [3.8, 4) is 22.9 Å². The maximum Gasteiger partial charge on any atom is 0.352 e. The third-order valence-electron chi connectivity index (χ3n) is 3.76. The molecule has 0 bridgehead atoms. The zero-order valence-electron chi connectivity index (χ0n) is 14.6. The van der Waals surface area contributed by atoms with E-state index in [0.717, 1.165) is 5.01 Å². The van der Waals surface area contributed by atoms with E-state index in [0.29, 0.717) is 28.7 Å². The van der Waals surface area contributed by atoms with Crippen LogP contribution in [0.2, 0.25) is 0 Å². The molecule has 0 spiro atoms. The normalized spacial score (nSPS) is 10.5. The molecule has 0 radical (unpaired) electrons. The van der Waals surface area contributed by atoms with E-state index in [9.17, 15) is 4.79 Å². The van der Waals surface area contributed by atoms with Crippen molar-refractivity contribution in [3.05, 3.63) is 53.1 Å². The standard InChI is InChI=1S/C17H18N6O3/c1-22-15(11-7-8-12(25-2)13(10-11)26-3)20-16(21-17(22)24)23(18)14-6-4-5-9-19-14/h4-10H,18H2,1-3H3. The molecule has 2 aromatic heterocycles. The van der Waals surface area contributed by atoms with Crippen LogP contribution in [0.15, 0.2) is 47.4 Å². The molecule has 0 fully saturated rings. The van der Waals surface area contributed by atoms with Crippen LogP contribution in [0.4, 0.5) is 11.8 Å². The molecule has 0 atom stereocenters. The summed E-state index contributed by atoms with van der Waals surface area (Å²) in [5.74, 6) is 7.97. The molecule has 2 heterocycles. The van der Waals surface area contributed by atoms with Crippen LogP contribution >= 0.6 is 0 Å². The average molecular weight is 354 g/mol. The van der Waals surface area contributed by atoms with E-state index in [1.807, 2.05) is 0 Å². The number of anilines is 2. The molecule has 0 aliphatic carbocycles. The van der Waals surface area contributed by atoms with Crippen molar-refractivity contribution in [2.75, 3.05) is 19.2 Å². The van der Waals surface area contributed by atoms with Crippen molar-refractivity contribution >= 4 is 11.8 Å². The maximum atomic E-state index is 12.3. The fourth-order valence-corrected chi connectivity index (χ4v) is 2.39. The first-order chi connectivity index (χ1) is 12.5. The van der Waals surface area contributed by atoms with Crippen LogP contribution in [0, 0.1) is 0 Å². The minimum atomic E-state index is -0.494. The van der Waals surface area contributed by atoms with Crippen LogP contribution in [-0.4, -0.2) is 33.7 Å². The summed E-state index contributed by atoms with van der Waals surface area (Å²) in [6, 6.07) is 10.5. The van der Waals surface area contributed by atoms with Crippen molar-refractivity contribution in [2.45, 2.75) is 0 Å². The van der Waals surface area contributed by atoms with Gasteiger partial charge >= 0.3 is 5.69 Å². The monoisotopic (exact) mass is 354 g/mol. The second kappa shape index (κ2) is 7.19. The van der Waals surface area contributed by atoms with E-state index in [2.05, 4.69) is 15.0 Å². The Kier molecular flexibility index (Phi) is 4.81. The number of hydrazine groups is 1. The first kappa shape index (κ1) is 17.4. The number of nitrogens with zero attached hydrogens (tertiary/aromatic N) is 5. The minimum Gasteiger partial charge on any atom is -0.493 e. The molecule has 0 aliphatic rings. The molecule has 0 unspecified atom stereocenters. The van der Waals surface area contributed by atoms with Gasteiger partial charge < -0.3 is 9.47 Å². The lowest BCUT2D eigenvalue weighted by Gasteiger charge is -2.17. The lowest BCUT2D eigenvalue weighted by Crippen LogP contribution is -2.33. The van der Waals surface area contributed by atoms with Crippen molar-refractivity contribution in [2.24, 2.45) is 12.9 Å². The van der Waals surface area contributed by atoms with Gasteiger partial charge in [-0.05, 0) is 30.3 Å². The highest BCUT2D eigenvalue weighted by atomic mass is 16.5. The second-order valence-corrected chi connectivity index (χ2v) is 5.32. The van der Waals surface area contributed by atoms with Crippen LogP contribution in [0.3, 0.4) is 0 Å². The summed E-state index contributed by atoms with van der Waals surface area (Å²) in [7, 11) is 4.67. The Bertz CT molecular complexity index is 974. The first-order valence-electron chi connectivity index (χ1n) is 7.68. The van der Waals surface area contributed by atoms with Gasteiger partial charge in [0, 0.05) is 18.8 Å². The number of pyridine rings is 1. The quantitative estimate of drug-likeness (QED) is 0.539. The third-order valence-corrected chi connectivity index (χ3v) is 3.76. The topological polar surface area (TPSA) is 108 Å². The van der Waals surface area contributed by atoms with Gasteiger partial charge in [-0.3, -0.25) is 4.57 Å². The number of aromatic nitrogens is 4. The summed E-state index contributed by atoms with van der Waals surface area (Å²) in [6.07, 6.45) is 1.59. The average Bonchev–Trinajstić information content (AvgIpc) is 2.69. The van der Waals surface area contributed by atoms with E-state index >= 15 is 0 Å². The van der Waals surface area contributed by atoms with E-state index in [1.165, 1.54) is 11.7 Å². The van der Waals surface area contributed by atoms with Gasteiger partial charge in [0.25, 0.3) is 5.95 Å². The summed E-state index contributed by atoms with van der Waals surface area (Å²) in [4.78, 5) is 24.8. The smallest absolute Gasteiger partial charge is 0.352 e. The SMILES string of the molecule is COc1ccc(-c2nc(N(N)c3ccccn3)nc(=O)n2C)cc1OC. The lowest BCUT2D eigenvalue weighted by molar-refractivity contribution is 0.355. The molecule has 0 saturated heterocycles. The van der Waals surface area contributed by atoms with Gasteiger partial charge in [0.05, 0.1) is 14.2 Å². The molecular formula is C17H18N6O3. The molecule has 0 saturated carbocycles. The molecule has 9 nitrogen and oxygen atoms in total.